The van der Waals surface area contributed by atoms with Gasteiger partial charge in [-0.05, 0) is 180 Å². The summed E-state index contributed by atoms with van der Waals surface area (Å²) in [6, 6.07) is 48.1. The minimum absolute atomic E-state index is 0.220. The van der Waals surface area contributed by atoms with Crippen molar-refractivity contribution in [3.63, 3.8) is 0 Å². The molecule has 78 heavy (non-hydrogen) atoms. The first-order valence-electron chi connectivity index (χ1n) is 29.4. The van der Waals surface area contributed by atoms with Crippen molar-refractivity contribution < 1.29 is 0 Å². The summed E-state index contributed by atoms with van der Waals surface area (Å²) in [5.41, 5.74) is 15.4. The predicted molar refractivity (Wildman–Crippen MR) is 329 cm³/mol. The maximum atomic E-state index is 5.46. The molecule has 0 aliphatic heterocycles. The van der Waals surface area contributed by atoms with E-state index in [1.165, 1.54) is 118 Å². The van der Waals surface area contributed by atoms with Crippen LogP contribution in [-0.4, -0.2) is 28.2 Å². The Balaban J connectivity index is 0.799. The van der Waals surface area contributed by atoms with Gasteiger partial charge in [0.15, 0.2) is 0 Å². The highest BCUT2D eigenvalue weighted by atomic mass is 15.0. The van der Waals surface area contributed by atoms with Gasteiger partial charge in [-0.2, -0.15) is 0 Å². The Kier molecular flexibility index (Phi) is 12.5. The van der Waals surface area contributed by atoms with Crippen LogP contribution in [0.3, 0.4) is 0 Å². The van der Waals surface area contributed by atoms with Crippen molar-refractivity contribution in [1.82, 2.24) is 28.2 Å². The van der Waals surface area contributed by atoms with Crippen molar-refractivity contribution in [2.24, 2.45) is 34.0 Å². The first-order chi connectivity index (χ1) is 37.4. The normalized spacial score (nSPS) is 17.0. The van der Waals surface area contributed by atoms with E-state index in [1.807, 2.05) is 0 Å². The molecular formula is C72H78N6. The third-order valence-electron chi connectivity index (χ3n) is 17.2. The lowest BCUT2D eigenvalue weighted by Gasteiger charge is -2.35. The second kappa shape index (κ2) is 19.4. The molecule has 6 nitrogen and oxygen atoms in total. The van der Waals surface area contributed by atoms with Crippen molar-refractivity contribution in [3.8, 4) is 0 Å². The summed E-state index contributed by atoms with van der Waals surface area (Å²) < 4.78 is 7.16. The van der Waals surface area contributed by atoms with Gasteiger partial charge >= 0.3 is 0 Å². The Bertz CT molecular complexity index is 3810. The van der Waals surface area contributed by atoms with Crippen molar-refractivity contribution in [2.75, 3.05) is 0 Å². The van der Waals surface area contributed by atoms with E-state index in [9.17, 15) is 0 Å². The number of benzene rings is 6. The molecule has 1 saturated carbocycles. The summed E-state index contributed by atoms with van der Waals surface area (Å²) in [4.78, 5) is 16.4. The van der Waals surface area contributed by atoms with Crippen LogP contribution in [0.4, 0.5) is 0 Å². The van der Waals surface area contributed by atoms with Gasteiger partial charge in [0.1, 0.15) is 16.9 Å². The van der Waals surface area contributed by atoms with Crippen molar-refractivity contribution in [3.05, 3.63) is 180 Å². The molecule has 0 N–H and O–H groups in total. The second-order valence-electron chi connectivity index (χ2n) is 27.6. The maximum absolute atomic E-state index is 5.46. The molecule has 6 aromatic heterocycles. The van der Waals surface area contributed by atoms with Crippen LogP contribution in [0, 0.1) is 34.0 Å². The third kappa shape index (κ3) is 9.94. The third-order valence-corrected chi connectivity index (χ3v) is 17.2. The van der Waals surface area contributed by atoms with E-state index in [1.54, 1.807) is 0 Å². The van der Waals surface area contributed by atoms with Crippen LogP contribution in [0.2, 0.25) is 0 Å². The van der Waals surface area contributed by atoms with E-state index in [0.717, 1.165) is 74.7 Å². The fraction of sp³-hybridized carbons (Fsp3) is 0.375. The highest BCUT2D eigenvalue weighted by molar-refractivity contribution is 6.14. The largest absolute Gasteiger partial charge is 0.299 e. The summed E-state index contributed by atoms with van der Waals surface area (Å²) in [6.45, 7) is 21.0. The van der Waals surface area contributed by atoms with Gasteiger partial charge in [0.05, 0.1) is 33.6 Å². The van der Waals surface area contributed by atoms with E-state index in [4.69, 9.17) is 15.0 Å². The molecule has 0 amide bonds. The molecular weight excluding hydrogens is 949 g/mol. The number of hydrogen-bond donors (Lipinski definition) is 0. The van der Waals surface area contributed by atoms with Gasteiger partial charge < -0.3 is 0 Å². The molecule has 0 radical (unpaired) electrons. The smallest absolute Gasteiger partial charge is 0.145 e. The van der Waals surface area contributed by atoms with Crippen LogP contribution in [0.1, 0.15) is 135 Å². The van der Waals surface area contributed by atoms with Crippen LogP contribution in [-0.2, 0) is 38.5 Å². The van der Waals surface area contributed by atoms with Gasteiger partial charge in [0.25, 0.3) is 0 Å². The molecule has 0 atom stereocenters. The molecule has 0 spiro atoms. The molecule has 13 rings (SSSR count). The Labute approximate surface area is 460 Å². The van der Waals surface area contributed by atoms with Crippen LogP contribution in [0.15, 0.2) is 146 Å². The first kappa shape index (κ1) is 50.5. The van der Waals surface area contributed by atoms with Crippen LogP contribution < -0.4 is 0 Å². The van der Waals surface area contributed by atoms with Crippen LogP contribution in [0.25, 0.3) is 82.0 Å². The predicted octanol–water partition coefficient (Wildman–Crippen LogP) is 18.5. The Morgan fingerprint density at radius 1 is 0.346 bits per heavy atom. The minimum atomic E-state index is 0.220. The highest BCUT2D eigenvalue weighted by Crippen LogP contribution is 2.42. The van der Waals surface area contributed by atoms with E-state index >= 15 is 0 Å². The molecule has 0 unspecified atom stereocenters. The molecule has 1 fully saturated rings. The van der Waals surface area contributed by atoms with Crippen LogP contribution >= 0.6 is 0 Å². The monoisotopic (exact) mass is 1030 g/mol. The Morgan fingerprint density at radius 2 is 0.615 bits per heavy atom. The Hall–Kier alpha value is -7.05. The lowest BCUT2D eigenvalue weighted by atomic mass is 9.70. The molecule has 1 aliphatic carbocycles. The summed E-state index contributed by atoms with van der Waals surface area (Å²) in [5.74, 6) is 1.87. The average molecular weight is 1030 g/mol. The fourth-order valence-corrected chi connectivity index (χ4v) is 14.2. The number of aryl methyl sites for hydroxylation is 3. The topological polar surface area (TPSA) is 51.9 Å². The number of nitrogens with zero attached hydrogens (tertiary/aromatic N) is 6. The first-order valence-corrected chi connectivity index (χ1v) is 29.4. The van der Waals surface area contributed by atoms with Crippen molar-refractivity contribution >= 4 is 82.0 Å². The highest BCUT2D eigenvalue weighted by Gasteiger charge is 2.30. The zero-order valence-electron chi connectivity index (χ0n) is 47.8. The van der Waals surface area contributed by atoms with Gasteiger partial charge in [0.2, 0.25) is 0 Å². The van der Waals surface area contributed by atoms with E-state index in [-0.39, 0.29) is 16.2 Å². The van der Waals surface area contributed by atoms with Gasteiger partial charge in [-0.15, -0.1) is 0 Å². The summed E-state index contributed by atoms with van der Waals surface area (Å²) in [7, 11) is 0. The van der Waals surface area contributed by atoms with Crippen LogP contribution in [0.5, 0.6) is 0 Å². The zero-order valence-corrected chi connectivity index (χ0v) is 47.8. The second-order valence-corrected chi connectivity index (χ2v) is 27.6. The quantitative estimate of drug-likeness (QED) is 0.115. The van der Waals surface area contributed by atoms with E-state index < -0.39 is 0 Å². The van der Waals surface area contributed by atoms with Crippen molar-refractivity contribution in [1.29, 1.82) is 0 Å². The van der Waals surface area contributed by atoms with Gasteiger partial charge in [-0.25, -0.2) is 15.0 Å². The van der Waals surface area contributed by atoms with Gasteiger partial charge in [-0.1, -0.05) is 153 Å². The van der Waals surface area contributed by atoms with E-state index in [0.29, 0.717) is 17.8 Å². The standard InChI is InChI=1S/C72H78N6/c1-70(2,3)40-49-25-31-64-61(37-49)55-16-10-13-19-58(55)67-73-52(43-76(64)67)28-22-46-34-47(23-29-53-44-77-65-32-26-50(41-71(4,5)6)38-62(65)56-17-11-14-20-59(56)68(77)74-53)36-48(35-46)24-30-54-45-78-66-33-27-51(42-72(7,8)9)39-63(66)57-18-12-15-21-60(57)69(78)75-54/h10-21,25-27,31-33,37-39,43-48H,22-24,28-30,34-36,40-42H2,1-9H3. The number of aromatic nitrogens is 6. The van der Waals surface area contributed by atoms with Crippen molar-refractivity contribution in [2.45, 2.75) is 139 Å². The number of rotatable bonds is 12. The summed E-state index contributed by atoms with van der Waals surface area (Å²) in [5, 5.41) is 11.5. The van der Waals surface area contributed by atoms with Gasteiger partial charge in [0, 0.05) is 50.9 Å². The summed E-state index contributed by atoms with van der Waals surface area (Å²) >= 11 is 0. The molecule has 1 aliphatic rings. The molecule has 6 heteroatoms. The lowest BCUT2D eigenvalue weighted by Crippen LogP contribution is -2.24. The lowest BCUT2D eigenvalue weighted by molar-refractivity contribution is 0.171. The molecule has 12 aromatic rings. The maximum Gasteiger partial charge on any atom is 0.145 e. The molecule has 0 saturated heterocycles. The zero-order chi connectivity index (χ0) is 53.7. The molecule has 6 aromatic carbocycles. The molecule has 396 valence electrons. The van der Waals surface area contributed by atoms with Gasteiger partial charge in [-0.3, -0.25) is 13.2 Å². The molecule has 6 heterocycles. The molecule has 0 bridgehead atoms. The summed E-state index contributed by atoms with van der Waals surface area (Å²) in [6.07, 6.45) is 20.4. The SMILES string of the molecule is CC(C)(C)Cc1ccc2c(c1)c1ccccc1c1nc(CCC3CC(CCc4cn5c6ccc(CC(C)(C)C)cc6c6ccccc6c5n4)CC(CCc4cn5c6ccc(CC(C)(C)C)cc6c6ccccc6c5n4)C3)cn21. The van der Waals surface area contributed by atoms with E-state index in [2.05, 4.69) is 221 Å². The number of imidazole rings is 3. The average Bonchev–Trinajstić information content (AvgIpc) is 4.33. The Morgan fingerprint density at radius 3 is 0.885 bits per heavy atom. The minimum Gasteiger partial charge on any atom is -0.299 e. The number of fused-ring (bicyclic) bond motifs is 18. The number of hydrogen-bond acceptors (Lipinski definition) is 3. The number of pyridine rings is 3. The fourth-order valence-electron chi connectivity index (χ4n) is 14.2.